The molecular weight excluding hydrogens is 166 g/mol. The van der Waals surface area contributed by atoms with Gasteiger partial charge in [0.2, 0.25) is 0 Å². The second-order valence-electron chi connectivity index (χ2n) is 2.48. The minimum Gasteiger partial charge on any atom is -0.467 e. The van der Waals surface area contributed by atoms with Gasteiger partial charge in [0.05, 0.1) is 7.11 Å². The third-order valence-electron chi connectivity index (χ3n) is 1.70. The molecule has 0 fully saturated rings. The summed E-state index contributed by atoms with van der Waals surface area (Å²) in [5.74, 6) is -0.353. The fourth-order valence-corrected chi connectivity index (χ4v) is 1.07. The Morgan fingerprint density at radius 1 is 1.31 bits per heavy atom. The van der Waals surface area contributed by atoms with Crippen molar-refractivity contribution in [3.8, 4) is 0 Å². The van der Waals surface area contributed by atoms with Crippen LogP contribution in [0.15, 0.2) is 30.3 Å². The normalized spacial score (nSPS) is 10.1. The highest BCUT2D eigenvalue weighted by molar-refractivity contribution is 5.88. The smallest absolute Gasteiger partial charge is 0.333 e. The fraction of sp³-hybridized carbons (Fsp3) is 0.200. The van der Waals surface area contributed by atoms with Crippen molar-refractivity contribution in [2.45, 2.75) is 0 Å². The second-order valence-corrected chi connectivity index (χ2v) is 2.48. The minimum absolute atomic E-state index is 0.353. The van der Waals surface area contributed by atoms with Gasteiger partial charge < -0.3 is 4.74 Å². The predicted octanol–water partition coefficient (Wildman–Crippen LogP) is 0.959. The molecule has 0 aliphatic rings. The maximum Gasteiger partial charge on any atom is 0.333 e. The monoisotopic (exact) mass is 178 g/mol. The first kappa shape index (κ1) is 9.74. The van der Waals surface area contributed by atoms with Gasteiger partial charge in [-0.25, -0.2) is 4.79 Å². The Hall–Kier alpha value is -1.35. The Bertz CT molecular complexity index is 272. The lowest BCUT2D eigenvalue weighted by Gasteiger charge is -2.11. The van der Waals surface area contributed by atoms with Gasteiger partial charge in [0.25, 0.3) is 0 Å². The van der Waals surface area contributed by atoms with E-state index in [0.717, 1.165) is 5.56 Å². The molecule has 1 rings (SSSR count). The number of nitrogens with one attached hydrogen (secondary N) is 1. The van der Waals surface area contributed by atoms with E-state index >= 15 is 0 Å². The zero-order chi connectivity index (χ0) is 9.68. The molecule has 0 atom stereocenters. The van der Waals surface area contributed by atoms with E-state index < -0.39 is 0 Å². The number of likely N-dealkylation sites (N-methyl/N-ethyl adjacent to an activating group) is 1. The molecule has 3 nitrogen and oxygen atoms in total. The van der Waals surface area contributed by atoms with E-state index in [1.807, 2.05) is 30.3 Å². The number of ether oxygens (including phenoxy) is 1. The van der Waals surface area contributed by atoms with Gasteiger partial charge in [-0.2, -0.15) is 0 Å². The average molecular weight is 178 g/mol. The quantitative estimate of drug-likeness (QED) is 0.700. The zero-order valence-electron chi connectivity index (χ0n) is 7.70. The molecule has 1 aromatic carbocycles. The van der Waals surface area contributed by atoms with Gasteiger partial charge in [-0.05, 0) is 12.6 Å². The van der Waals surface area contributed by atoms with Crippen molar-refractivity contribution in [2.24, 2.45) is 0 Å². The first-order valence-corrected chi connectivity index (χ1v) is 3.98. The first-order chi connectivity index (χ1) is 6.29. The summed E-state index contributed by atoms with van der Waals surface area (Å²) in [5.41, 5.74) is 0.830. The van der Waals surface area contributed by atoms with Gasteiger partial charge in [0.15, 0.2) is 6.04 Å². The number of rotatable bonds is 3. The average Bonchev–Trinajstić information content (AvgIpc) is 2.20. The van der Waals surface area contributed by atoms with Gasteiger partial charge in [-0.1, -0.05) is 30.3 Å². The number of carbonyl (C=O) groups is 1. The highest BCUT2D eigenvalue weighted by Crippen LogP contribution is 2.11. The molecule has 0 amide bonds. The number of esters is 1. The summed E-state index contributed by atoms with van der Waals surface area (Å²) < 4.78 is 4.62. The Labute approximate surface area is 77.7 Å². The van der Waals surface area contributed by atoms with Crippen LogP contribution >= 0.6 is 0 Å². The Kier molecular flexibility index (Phi) is 3.46. The molecule has 0 unspecified atom stereocenters. The van der Waals surface area contributed by atoms with Crippen molar-refractivity contribution in [3.05, 3.63) is 41.9 Å². The number of methoxy groups -OCH3 is 1. The van der Waals surface area contributed by atoms with Crippen LogP contribution in [0.25, 0.3) is 0 Å². The van der Waals surface area contributed by atoms with Gasteiger partial charge >= 0.3 is 5.97 Å². The zero-order valence-corrected chi connectivity index (χ0v) is 7.70. The molecule has 0 saturated carbocycles. The van der Waals surface area contributed by atoms with E-state index in [9.17, 15) is 4.79 Å². The van der Waals surface area contributed by atoms with Crippen LogP contribution in [0, 0.1) is 6.04 Å². The van der Waals surface area contributed by atoms with E-state index in [0.29, 0.717) is 6.04 Å². The molecule has 13 heavy (non-hydrogen) atoms. The van der Waals surface area contributed by atoms with E-state index in [1.165, 1.54) is 7.11 Å². The Morgan fingerprint density at radius 2 is 1.92 bits per heavy atom. The predicted molar refractivity (Wildman–Crippen MR) is 49.9 cm³/mol. The number of carbonyl (C=O) groups excluding carboxylic acids is 1. The maximum atomic E-state index is 11.2. The standard InChI is InChI=1S/C10H12NO2/c1-11-9(10(12)13-2)8-6-4-3-5-7-8/h3-7,11H,1-2H3. The van der Waals surface area contributed by atoms with Crippen molar-refractivity contribution in [2.75, 3.05) is 14.2 Å². The lowest BCUT2D eigenvalue weighted by molar-refractivity contribution is -0.138. The molecular formula is C10H12NO2. The minimum atomic E-state index is -0.353. The summed E-state index contributed by atoms with van der Waals surface area (Å²) in [6.07, 6.45) is 0. The van der Waals surface area contributed by atoms with Crippen LogP contribution in [0.2, 0.25) is 0 Å². The summed E-state index contributed by atoms with van der Waals surface area (Å²) in [7, 11) is 3.06. The molecule has 0 aliphatic carbocycles. The summed E-state index contributed by atoms with van der Waals surface area (Å²) >= 11 is 0. The third-order valence-corrected chi connectivity index (χ3v) is 1.70. The van der Waals surface area contributed by atoms with Crippen molar-refractivity contribution in [1.29, 1.82) is 0 Å². The molecule has 0 aliphatic heterocycles. The van der Waals surface area contributed by atoms with E-state index in [-0.39, 0.29) is 5.97 Å². The summed E-state index contributed by atoms with van der Waals surface area (Å²) in [4.78, 5) is 11.2. The lowest BCUT2D eigenvalue weighted by atomic mass is 10.1. The maximum absolute atomic E-state index is 11.2. The molecule has 3 heteroatoms. The molecule has 0 spiro atoms. The van der Waals surface area contributed by atoms with Gasteiger partial charge in [-0.15, -0.1) is 0 Å². The summed E-state index contributed by atoms with van der Waals surface area (Å²) in [5, 5.41) is 2.81. The van der Waals surface area contributed by atoms with Crippen molar-refractivity contribution >= 4 is 5.97 Å². The molecule has 1 radical (unpaired) electrons. The fourth-order valence-electron chi connectivity index (χ4n) is 1.07. The van der Waals surface area contributed by atoms with Gasteiger partial charge in [-0.3, -0.25) is 5.32 Å². The molecule has 0 saturated heterocycles. The van der Waals surface area contributed by atoms with Crippen molar-refractivity contribution in [3.63, 3.8) is 0 Å². The van der Waals surface area contributed by atoms with Crippen LogP contribution in [0.3, 0.4) is 0 Å². The van der Waals surface area contributed by atoms with Crippen molar-refractivity contribution < 1.29 is 9.53 Å². The molecule has 1 aromatic rings. The number of hydrogen-bond acceptors (Lipinski definition) is 3. The highest BCUT2D eigenvalue weighted by Gasteiger charge is 2.19. The SMILES string of the molecule is CN[C](C(=O)OC)c1ccccc1. The van der Waals surface area contributed by atoms with Crippen LogP contribution in [0.5, 0.6) is 0 Å². The Balaban J connectivity index is 2.85. The largest absolute Gasteiger partial charge is 0.467 e. The van der Waals surface area contributed by atoms with Crippen LogP contribution < -0.4 is 5.32 Å². The van der Waals surface area contributed by atoms with Gasteiger partial charge in [0.1, 0.15) is 0 Å². The molecule has 1 N–H and O–H groups in total. The molecule has 0 heterocycles. The molecule has 0 bridgehead atoms. The molecule has 0 aromatic heterocycles. The number of hydrogen-bond donors (Lipinski definition) is 1. The van der Waals surface area contributed by atoms with Crippen molar-refractivity contribution in [1.82, 2.24) is 5.32 Å². The van der Waals surface area contributed by atoms with E-state index in [4.69, 9.17) is 0 Å². The first-order valence-electron chi connectivity index (χ1n) is 3.98. The second kappa shape index (κ2) is 4.62. The highest BCUT2D eigenvalue weighted by atomic mass is 16.5. The topological polar surface area (TPSA) is 38.3 Å². The van der Waals surface area contributed by atoms with Crippen LogP contribution in [0.1, 0.15) is 5.56 Å². The summed E-state index contributed by atoms with van der Waals surface area (Å²) in [6, 6.07) is 9.81. The Morgan fingerprint density at radius 3 is 2.38 bits per heavy atom. The van der Waals surface area contributed by atoms with E-state index in [2.05, 4.69) is 10.1 Å². The molecule has 69 valence electrons. The van der Waals surface area contributed by atoms with Crippen LogP contribution in [-0.2, 0) is 9.53 Å². The van der Waals surface area contributed by atoms with Crippen LogP contribution in [-0.4, -0.2) is 20.1 Å². The van der Waals surface area contributed by atoms with E-state index in [1.54, 1.807) is 7.05 Å². The number of benzene rings is 1. The van der Waals surface area contributed by atoms with Crippen LogP contribution in [0.4, 0.5) is 0 Å². The van der Waals surface area contributed by atoms with Gasteiger partial charge in [0, 0.05) is 0 Å². The summed E-state index contributed by atoms with van der Waals surface area (Å²) in [6.45, 7) is 0. The lowest BCUT2D eigenvalue weighted by Crippen LogP contribution is -2.27. The third kappa shape index (κ3) is 2.29.